The summed E-state index contributed by atoms with van der Waals surface area (Å²) in [6, 6.07) is -3.23. The zero-order valence-electron chi connectivity index (χ0n) is 27.7. The molecule has 0 spiro atoms. The van der Waals surface area contributed by atoms with E-state index in [1.54, 1.807) is 11.0 Å². The maximum atomic E-state index is 14.3. The molecule has 0 aromatic heterocycles. The molecular weight excluding hydrogens is 598 g/mol. The predicted molar refractivity (Wildman–Crippen MR) is 172 cm³/mol. The van der Waals surface area contributed by atoms with Crippen molar-refractivity contribution in [1.82, 2.24) is 26.2 Å². The number of ketones is 1. The number of fused-ring (bicyclic) bond motifs is 1. The van der Waals surface area contributed by atoms with Gasteiger partial charge in [-0.3, -0.25) is 19.2 Å². The first kappa shape index (κ1) is 36.5. The summed E-state index contributed by atoms with van der Waals surface area (Å²) in [5.74, 6) is -2.78. The number of Topliss-reactive ketones (excluding diaryl/α,β-unsaturated/α-hetero) is 1. The lowest BCUT2D eigenvalue weighted by Gasteiger charge is -2.37. The van der Waals surface area contributed by atoms with Gasteiger partial charge in [-0.05, 0) is 76.0 Å². The first-order valence-electron chi connectivity index (χ1n) is 16.2. The van der Waals surface area contributed by atoms with Crippen LogP contribution in [-0.4, -0.2) is 91.6 Å². The summed E-state index contributed by atoms with van der Waals surface area (Å²) in [5, 5.41) is 11.0. The minimum Gasteiger partial charge on any atom is -0.349 e. The number of urea groups is 1. The van der Waals surface area contributed by atoms with Crippen LogP contribution < -0.4 is 21.3 Å². The van der Waals surface area contributed by atoms with Gasteiger partial charge in [-0.1, -0.05) is 39.2 Å². The number of allylic oxidation sites excluding steroid dienone is 1. The number of hydrogen-bond donors (Lipinski definition) is 4. The van der Waals surface area contributed by atoms with Crippen LogP contribution in [0.1, 0.15) is 86.0 Å². The van der Waals surface area contributed by atoms with E-state index in [9.17, 15) is 32.4 Å². The Morgan fingerprint density at radius 1 is 1.04 bits per heavy atom. The van der Waals surface area contributed by atoms with E-state index < -0.39 is 57.1 Å². The van der Waals surface area contributed by atoms with Gasteiger partial charge in [-0.25, -0.2) is 13.2 Å². The Hall–Kier alpha value is -2.96. The van der Waals surface area contributed by atoms with Crippen molar-refractivity contribution in [2.45, 2.75) is 110 Å². The van der Waals surface area contributed by atoms with Crippen LogP contribution in [0.3, 0.4) is 0 Å². The highest BCUT2D eigenvalue weighted by Gasteiger charge is 2.69. The molecule has 4 N–H and O–H groups in total. The molecule has 45 heavy (non-hydrogen) atoms. The van der Waals surface area contributed by atoms with Gasteiger partial charge < -0.3 is 26.2 Å². The van der Waals surface area contributed by atoms with Crippen molar-refractivity contribution in [1.29, 1.82) is 0 Å². The summed E-state index contributed by atoms with van der Waals surface area (Å²) >= 11 is 0. The number of nitrogens with zero attached hydrogens (tertiary/aromatic N) is 1. The average Bonchev–Trinajstić information content (AvgIpc) is 3.26. The molecule has 2 aliphatic carbocycles. The molecule has 254 valence electrons. The second-order valence-electron chi connectivity index (χ2n) is 14.6. The Kier molecular flexibility index (Phi) is 11.9. The molecular formula is C32H53N5O7S. The number of likely N-dealkylation sites (tertiary alicyclic amines) is 1. The monoisotopic (exact) mass is 651 g/mol. The third-order valence-corrected chi connectivity index (χ3v) is 10.4. The van der Waals surface area contributed by atoms with Crippen molar-refractivity contribution in [2.75, 3.05) is 25.1 Å². The summed E-state index contributed by atoms with van der Waals surface area (Å²) in [7, 11) is -3.21. The number of piperidine rings is 1. The maximum Gasteiger partial charge on any atom is 0.315 e. The Morgan fingerprint density at radius 3 is 2.27 bits per heavy atom. The fourth-order valence-electron chi connectivity index (χ4n) is 6.95. The van der Waals surface area contributed by atoms with Crippen molar-refractivity contribution < 1.29 is 32.4 Å². The molecule has 13 heteroatoms. The van der Waals surface area contributed by atoms with Gasteiger partial charge in [-0.2, -0.15) is 0 Å². The first-order chi connectivity index (χ1) is 20.9. The number of sulfone groups is 1. The molecule has 1 aliphatic heterocycles. The smallest absolute Gasteiger partial charge is 0.315 e. The normalized spacial score (nSPS) is 24.0. The first-order valence-corrected chi connectivity index (χ1v) is 18.2. The molecule has 4 unspecified atom stereocenters. The number of nitrogens with one attached hydrogen (secondary N) is 4. The van der Waals surface area contributed by atoms with Crippen LogP contribution in [0.4, 0.5) is 4.79 Å². The van der Waals surface area contributed by atoms with E-state index >= 15 is 0 Å². The SMILES string of the molecule is C=CCCC(NC(=O)C1C2C(CN1C(=O)[C@@H](NC(=O)NC(C)(C)C)C1CCCCC1)C2(C)C)C(=O)C(=O)NCCCS(C)(=O)=O. The van der Waals surface area contributed by atoms with Gasteiger partial charge in [-0.15, -0.1) is 6.58 Å². The highest BCUT2D eigenvalue weighted by atomic mass is 32.2. The van der Waals surface area contributed by atoms with Crippen LogP contribution in [0.25, 0.3) is 0 Å². The van der Waals surface area contributed by atoms with Crippen LogP contribution in [0.15, 0.2) is 12.7 Å². The van der Waals surface area contributed by atoms with E-state index in [1.165, 1.54) is 0 Å². The van der Waals surface area contributed by atoms with Gasteiger partial charge >= 0.3 is 6.03 Å². The molecule has 0 bridgehead atoms. The molecule has 12 nitrogen and oxygen atoms in total. The van der Waals surface area contributed by atoms with Gasteiger partial charge in [0.15, 0.2) is 0 Å². The number of carbonyl (C=O) groups is 5. The molecule has 3 fully saturated rings. The summed E-state index contributed by atoms with van der Waals surface area (Å²) < 4.78 is 22.8. The van der Waals surface area contributed by atoms with Gasteiger partial charge in [0.1, 0.15) is 21.9 Å². The van der Waals surface area contributed by atoms with Crippen LogP contribution >= 0.6 is 0 Å². The second-order valence-corrected chi connectivity index (χ2v) is 16.9. The van der Waals surface area contributed by atoms with Gasteiger partial charge in [0.05, 0.1) is 11.8 Å². The molecule has 1 saturated heterocycles. The zero-order chi connectivity index (χ0) is 33.7. The van der Waals surface area contributed by atoms with Crippen LogP contribution in [0, 0.1) is 23.2 Å². The minimum atomic E-state index is -3.21. The molecule has 0 radical (unpaired) electrons. The fourth-order valence-corrected chi connectivity index (χ4v) is 7.62. The van der Waals surface area contributed by atoms with Gasteiger partial charge in [0.25, 0.3) is 5.91 Å². The van der Waals surface area contributed by atoms with E-state index in [-0.39, 0.29) is 54.2 Å². The van der Waals surface area contributed by atoms with Crippen molar-refractivity contribution in [3.63, 3.8) is 0 Å². The summed E-state index contributed by atoms with van der Waals surface area (Å²) in [4.78, 5) is 68.6. The molecule has 0 aromatic rings. The topological polar surface area (TPSA) is 171 Å². The molecule has 2 saturated carbocycles. The van der Waals surface area contributed by atoms with Crippen LogP contribution in [-0.2, 0) is 29.0 Å². The average molecular weight is 652 g/mol. The van der Waals surface area contributed by atoms with Crippen molar-refractivity contribution >= 4 is 39.4 Å². The largest absolute Gasteiger partial charge is 0.349 e. The summed E-state index contributed by atoms with van der Waals surface area (Å²) in [6.45, 7) is 13.8. The number of hydrogen-bond acceptors (Lipinski definition) is 7. The van der Waals surface area contributed by atoms with Crippen LogP contribution in [0.2, 0.25) is 0 Å². The van der Waals surface area contributed by atoms with Crippen molar-refractivity contribution in [3.05, 3.63) is 12.7 Å². The Labute approximate surface area is 268 Å². The van der Waals surface area contributed by atoms with Gasteiger partial charge in [0, 0.05) is 24.9 Å². The minimum absolute atomic E-state index is 0.000955. The Balaban J connectivity index is 1.79. The highest BCUT2D eigenvalue weighted by molar-refractivity contribution is 7.90. The molecule has 3 rings (SSSR count). The third-order valence-electron chi connectivity index (χ3n) is 9.42. The van der Waals surface area contributed by atoms with E-state index in [4.69, 9.17) is 0 Å². The summed E-state index contributed by atoms with van der Waals surface area (Å²) in [6.07, 6.45) is 7.93. The quantitative estimate of drug-likeness (QED) is 0.127. The van der Waals surface area contributed by atoms with Gasteiger partial charge in [0.2, 0.25) is 17.6 Å². The van der Waals surface area contributed by atoms with Crippen LogP contribution in [0.5, 0.6) is 0 Å². The van der Waals surface area contributed by atoms with E-state index in [0.717, 1.165) is 38.4 Å². The lowest BCUT2D eigenvalue weighted by atomic mass is 9.83. The van der Waals surface area contributed by atoms with E-state index in [1.807, 2.05) is 20.8 Å². The molecule has 0 aromatic carbocycles. The molecule has 5 amide bonds. The Bertz CT molecular complexity index is 1250. The predicted octanol–water partition coefficient (Wildman–Crippen LogP) is 2.09. The number of rotatable bonds is 14. The zero-order valence-corrected chi connectivity index (χ0v) is 28.6. The lowest BCUT2D eigenvalue weighted by Crippen LogP contribution is -2.61. The van der Waals surface area contributed by atoms with E-state index in [2.05, 4.69) is 41.7 Å². The standard InChI is InChI=1S/C32H53N5O7S/c1-8-9-16-22(26(38)28(40)33-17-13-18-45(7,43)44)34-27(39)25-23-21(32(23,5)6)19-37(25)29(41)24(20-14-11-10-12-15-20)35-30(42)36-31(2,3)4/h8,20-25H,1,9-19H2,2-7H3,(H,33,40)(H,34,39)(H2,35,36,42)/t21?,22?,23?,24-,25?/m0/s1. The number of carbonyl (C=O) groups excluding carboxylic acids is 5. The molecule has 5 atom stereocenters. The fraction of sp³-hybridized carbons (Fsp3) is 0.781. The Morgan fingerprint density at radius 2 is 1.69 bits per heavy atom. The molecule has 3 aliphatic rings. The van der Waals surface area contributed by atoms with Crippen molar-refractivity contribution in [2.24, 2.45) is 23.2 Å². The summed E-state index contributed by atoms with van der Waals surface area (Å²) in [5.41, 5.74) is -0.688. The van der Waals surface area contributed by atoms with E-state index in [0.29, 0.717) is 13.0 Å². The van der Waals surface area contributed by atoms with Crippen molar-refractivity contribution in [3.8, 4) is 0 Å². The lowest BCUT2D eigenvalue weighted by molar-refractivity contribution is -0.144. The third kappa shape index (κ3) is 9.76. The second kappa shape index (κ2) is 14.6. The number of amides is 5. The highest BCUT2D eigenvalue weighted by Crippen LogP contribution is 2.65. The maximum absolute atomic E-state index is 14.3. The molecule has 1 heterocycles.